The summed E-state index contributed by atoms with van der Waals surface area (Å²) in [5.41, 5.74) is 0.882. The molecule has 0 amide bonds. The van der Waals surface area contributed by atoms with Gasteiger partial charge in [-0.25, -0.2) is 13.1 Å². The van der Waals surface area contributed by atoms with E-state index in [1.165, 1.54) is 32.8 Å². The van der Waals surface area contributed by atoms with Crippen LogP contribution in [0.5, 0.6) is 0 Å². The molecule has 0 aliphatic heterocycles. The lowest BCUT2D eigenvalue weighted by molar-refractivity contribution is 0.204. The van der Waals surface area contributed by atoms with E-state index >= 15 is 0 Å². The van der Waals surface area contributed by atoms with Crippen molar-refractivity contribution in [3.05, 3.63) is 29.8 Å². The number of ether oxygens (including phenoxy) is 1. The Hall–Kier alpha value is -0.910. The maximum Gasteiger partial charge on any atom is 0.240 e. The smallest absolute Gasteiger partial charge is 0.240 e. The molecule has 0 bridgehead atoms. The summed E-state index contributed by atoms with van der Waals surface area (Å²) in [4.78, 5) is 4.57. The maximum absolute atomic E-state index is 12.4. The van der Waals surface area contributed by atoms with Crippen LogP contribution in [0.2, 0.25) is 0 Å². The van der Waals surface area contributed by atoms with Crippen LogP contribution in [-0.2, 0) is 21.3 Å². The third-order valence-corrected chi connectivity index (χ3v) is 6.65. The molecule has 1 aromatic carbocycles. The molecule has 0 spiro atoms. The zero-order valence-corrected chi connectivity index (χ0v) is 20.8. The Morgan fingerprint density at radius 1 is 1.31 bits per heavy atom. The molecule has 3 N–H and O–H groups in total. The summed E-state index contributed by atoms with van der Waals surface area (Å²) < 4.78 is 32.1. The molecule has 0 heterocycles. The number of nitrogens with zero attached hydrogens (tertiary/aromatic N) is 1. The average molecular weight is 538 g/mol. The Morgan fingerprint density at radius 3 is 2.79 bits per heavy atom. The van der Waals surface area contributed by atoms with Crippen LogP contribution in [-0.4, -0.2) is 47.7 Å². The molecular weight excluding hydrogens is 503 g/mol. The first kappa shape index (κ1) is 26.1. The van der Waals surface area contributed by atoms with Gasteiger partial charge in [-0.05, 0) is 36.5 Å². The molecule has 7 nitrogen and oxygen atoms in total. The van der Waals surface area contributed by atoms with E-state index in [0.717, 1.165) is 23.9 Å². The van der Waals surface area contributed by atoms with Crippen molar-refractivity contribution < 1.29 is 13.2 Å². The minimum Gasteiger partial charge on any atom is -0.383 e. The summed E-state index contributed by atoms with van der Waals surface area (Å²) >= 11 is 0. The topological polar surface area (TPSA) is 91.8 Å². The fourth-order valence-electron chi connectivity index (χ4n) is 3.55. The van der Waals surface area contributed by atoms with Gasteiger partial charge in [0, 0.05) is 33.3 Å². The van der Waals surface area contributed by atoms with Crippen molar-refractivity contribution >= 4 is 40.0 Å². The summed E-state index contributed by atoms with van der Waals surface area (Å²) in [7, 11) is -0.236. The summed E-state index contributed by atoms with van der Waals surface area (Å²) in [6.45, 7) is 3.34. The summed E-state index contributed by atoms with van der Waals surface area (Å²) in [5.74, 6) is 1.55. The predicted molar refractivity (Wildman–Crippen MR) is 128 cm³/mol. The Bertz CT molecular complexity index is 743. The number of guanidine groups is 1. The molecule has 2 atom stereocenters. The number of methoxy groups -OCH3 is 1. The van der Waals surface area contributed by atoms with Gasteiger partial charge in [-0.15, -0.1) is 24.0 Å². The van der Waals surface area contributed by atoms with Gasteiger partial charge in [0.25, 0.3) is 0 Å². The average Bonchev–Trinajstić information content (AvgIpc) is 2.71. The number of hydrogen-bond acceptors (Lipinski definition) is 4. The van der Waals surface area contributed by atoms with Crippen molar-refractivity contribution in [2.24, 2.45) is 10.9 Å². The van der Waals surface area contributed by atoms with Crippen molar-refractivity contribution in [1.82, 2.24) is 15.4 Å². The highest BCUT2D eigenvalue weighted by Crippen LogP contribution is 2.26. The number of nitrogens with one attached hydrogen (secondary N) is 3. The molecular formula is C20H35IN4O3S. The van der Waals surface area contributed by atoms with Gasteiger partial charge in [-0.2, -0.15) is 0 Å². The molecule has 1 aliphatic rings. The van der Waals surface area contributed by atoms with E-state index < -0.39 is 10.0 Å². The zero-order chi connectivity index (χ0) is 20.4. The molecule has 0 radical (unpaired) electrons. The van der Waals surface area contributed by atoms with Crippen LogP contribution in [0.4, 0.5) is 0 Å². The van der Waals surface area contributed by atoms with E-state index in [9.17, 15) is 8.42 Å². The van der Waals surface area contributed by atoms with E-state index in [0.29, 0.717) is 19.2 Å². The third-order valence-electron chi connectivity index (χ3n) is 5.19. The summed E-state index contributed by atoms with van der Waals surface area (Å²) in [5, 5.41) is 6.81. The lowest BCUT2D eigenvalue weighted by atomic mass is 9.84. The molecule has 29 heavy (non-hydrogen) atoms. The number of benzene rings is 1. The van der Waals surface area contributed by atoms with Crippen LogP contribution in [0.25, 0.3) is 0 Å². The highest BCUT2D eigenvalue weighted by atomic mass is 127. The first-order chi connectivity index (χ1) is 13.5. The fraction of sp³-hybridized carbons (Fsp3) is 0.650. The summed E-state index contributed by atoms with van der Waals surface area (Å²) in [6, 6.07) is 7.39. The van der Waals surface area contributed by atoms with Crippen LogP contribution in [0.1, 0.15) is 44.6 Å². The monoisotopic (exact) mass is 538 g/mol. The Labute approximate surface area is 192 Å². The van der Waals surface area contributed by atoms with E-state index in [2.05, 4.69) is 27.3 Å². The lowest BCUT2D eigenvalue weighted by Gasteiger charge is -2.30. The SMILES string of the molecule is CCC1CCCC(NC(=NC)NCc2cccc(S(=O)(=O)NCCOC)c2)C1.I. The largest absolute Gasteiger partial charge is 0.383 e. The van der Waals surface area contributed by atoms with Crippen LogP contribution in [0.3, 0.4) is 0 Å². The van der Waals surface area contributed by atoms with Gasteiger partial charge in [0.2, 0.25) is 10.0 Å². The first-order valence-corrected chi connectivity index (χ1v) is 11.5. The molecule has 1 aliphatic carbocycles. The summed E-state index contributed by atoms with van der Waals surface area (Å²) in [6.07, 6.45) is 6.14. The van der Waals surface area contributed by atoms with Gasteiger partial charge in [-0.1, -0.05) is 38.3 Å². The van der Waals surface area contributed by atoms with Crippen molar-refractivity contribution in [1.29, 1.82) is 0 Å². The van der Waals surface area contributed by atoms with Crippen molar-refractivity contribution in [2.75, 3.05) is 27.3 Å². The lowest BCUT2D eigenvalue weighted by Crippen LogP contribution is -2.45. The number of sulfonamides is 1. The minimum atomic E-state index is -3.53. The van der Waals surface area contributed by atoms with E-state index in [1.807, 2.05) is 6.07 Å². The molecule has 0 aromatic heterocycles. The zero-order valence-electron chi connectivity index (χ0n) is 17.6. The van der Waals surface area contributed by atoms with Gasteiger partial charge in [0.15, 0.2) is 5.96 Å². The van der Waals surface area contributed by atoms with Crippen molar-refractivity contribution in [3.8, 4) is 0 Å². The van der Waals surface area contributed by atoms with Crippen molar-refractivity contribution in [3.63, 3.8) is 0 Å². The van der Waals surface area contributed by atoms with Gasteiger partial charge < -0.3 is 15.4 Å². The van der Waals surface area contributed by atoms with Crippen LogP contribution in [0, 0.1) is 5.92 Å². The van der Waals surface area contributed by atoms with Crippen LogP contribution < -0.4 is 15.4 Å². The van der Waals surface area contributed by atoms with Gasteiger partial charge in [-0.3, -0.25) is 4.99 Å². The number of hydrogen-bond donors (Lipinski definition) is 3. The maximum atomic E-state index is 12.4. The molecule has 1 aromatic rings. The number of aliphatic imine (C=N–C) groups is 1. The minimum absolute atomic E-state index is 0. The Morgan fingerprint density at radius 2 is 2.10 bits per heavy atom. The van der Waals surface area contributed by atoms with E-state index in [4.69, 9.17) is 4.74 Å². The second-order valence-electron chi connectivity index (χ2n) is 7.25. The molecule has 2 unspecified atom stereocenters. The standard InChI is InChI=1S/C20H34N4O3S.HI/c1-4-16-7-5-9-18(13-16)24-20(21-2)22-15-17-8-6-10-19(14-17)28(25,26)23-11-12-27-3;/h6,8,10,14,16,18,23H,4-5,7,9,11-13,15H2,1-3H3,(H2,21,22,24);1H. The second kappa shape index (κ2) is 13.4. The Kier molecular flexibility index (Phi) is 12.1. The highest BCUT2D eigenvalue weighted by molar-refractivity contribution is 14.0. The number of halogens is 1. The van der Waals surface area contributed by atoms with Crippen molar-refractivity contribution in [2.45, 2.75) is 56.5 Å². The van der Waals surface area contributed by atoms with Crippen LogP contribution >= 0.6 is 24.0 Å². The van der Waals surface area contributed by atoms with Gasteiger partial charge in [0.05, 0.1) is 11.5 Å². The molecule has 166 valence electrons. The Balaban J connectivity index is 0.00000420. The van der Waals surface area contributed by atoms with E-state index in [-0.39, 0.29) is 35.4 Å². The third kappa shape index (κ3) is 8.77. The molecule has 2 rings (SSSR count). The molecule has 1 fully saturated rings. The van der Waals surface area contributed by atoms with Crippen LogP contribution in [0.15, 0.2) is 34.2 Å². The normalized spacial score (nSPS) is 20.0. The van der Waals surface area contributed by atoms with E-state index in [1.54, 1.807) is 25.2 Å². The van der Waals surface area contributed by atoms with Gasteiger partial charge >= 0.3 is 0 Å². The first-order valence-electron chi connectivity index (χ1n) is 10.0. The number of rotatable bonds is 9. The predicted octanol–water partition coefficient (Wildman–Crippen LogP) is 2.86. The quantitative estimate of drug-likeness (QED) is 0.195. The molecule has 0 saturated heterocycles. The molecule has 1 saturated carbocycles. The molecule has 9 heteroatoms. The second-order valence-corrected chi connectivity index (χ2v) is 9.01. The van der Waals surface area contributed by atoms with Gasteiger partial charge in [0.1, 0.15) is 0 Å². The fourth-order valence-corrected chi connectivity index (χ4v) is 4.63. The highest BCUT2D eigenvalue weighted by Gasteiger charge is 2.21.